The second kappa shape index (κ2) is 10.5. The summed E-state index contributed by atoms with van der Waals surface area (Å²) in [5.41, 5.74) is 4.99. The standard InChI is InChI=1S/C32H23IN4O3/c1-21-26(27-12-5-6-13-30(27)35(21)20-22-8-3-2-4-9-22)15-17-31-34-29-16-14-23(33)18-28(29)32(38)36(31)24-10-7-11-25(19-24)37(39)40/h2-19H,20H2,1H3. The molecule has 196 valence electrons. The van der Waals surface area contributed by atoms with Gasteiger partial charge in [0.05, 0.1) is 21.5 Å². The lowest BCUT2D eigenvalue weighted by Gasteiger charge is -2.12. The fraction of sp³-hybridized carbons (Fsp3) is 0.0625. The maximum absolute atomic E-state index is 13.8. The minimum Gasteiger partial charge on any atom is -0.340 e. The summed E-state index contributed by atoms with van der Waals surface area (Å²) in [6.07, 6.45) is 3.80. The zero-order valence-corrected chi connectivity index (χ0v) is 23.6. The number of rotatable bonds is 6. The van der Waals surface area contributed by atoms with Gasteiger partial charge in [0.1, 0.15) is 5.82 Å². The minimum absolute atomic E-state index is 0.0955. The molecule has 0 fully saturated rings. The highest BCUT2D eigenvalue weighted by Crippen LogP contribution is 2.29. The van der Waals surface area contributed by atoms with Crippen molar-refractivity contribution in [1.82, 2.24) is 14.1 Å². The van der Waals surface area contributed by atoms with Crippen LogP contribution in [-0.2, 0) is 6.54 Å². The number of nitro benzene ring substituents is 1. The van der Waals surface area contributed by atoms with E-state index in [9.17, 15) is 14.9 Å². The van der Waals surface area contributed by atoms with Crippen LogP contribution in [0.25, 0.3) is 39.6 Å². The van der Waals surface area contributed by atoms with E-state index in [0.717, 1.165) is 32.3 Å². The van der Waals surface area contributed by atoms with Gasteiger partial charge in [-0.3, -0.25) is 19.5 Å². The number of nitrogens with zero attached hydrogens (tertiary/aromatic N) is 4. The topological polar surface area (TPSA) is 83.0 Å². The summed E-state index contributed by atoms with van der Waals surface area (Å²) in [6.45, 7) is 2.82. The van der Waals surface area contributed by atoms with Crippen LogP contribution in [0.15, 0.2) is 102 Å². The predicted molar refractivity (Wildman–Crippen MR) is 168 cm³/mol. The van der Waals surface area contributed by atoms with Crippen molar-refractivity contribution in [2.45, 2.75) is 13.5 Å². The number of fused-ring (bicyclic) bond motifs is 2. The van der Waals surface area contributed by atoms with Crippen LogP contribution in [0.4, 0.5) is 5.69 Å². The van der Waals surface area contributed by atoms with Gasteiger partial charge in [-0.15, -0.1) is 0 Å². The van der Waals surface area contributed by atoms with Crippen molar-refractivity contribution in [3.05, 3.63) is 144 Å². The second-order valence-electron chi connectivity index (χ2n) is 9.47. The average Bonchev–Trinajstić information content (AvgIpc) is 3.23. The van der Waals surface area contributed by atoms with Gasteiger partial charge >= 0.3 is 0 Å². The Bertz CT molecular complexity index is 2010. The summed E-state index contributed by atoms with van der Waals surface area (Å²) < 4.78 is 4.63. The highest BCUT2D eigenvalue weighted by molar-refractivity contribution is 14.1. The Labute approximate surface area is 243 Å². The molecule has 40 heavy (non-hydrogen) atoms. The first-order valence-electron chi connectivity index (χ1n) is 12.7. The van der Waals surface area contributed by atoms with Gasteiger partial charge in [-0.2, -0.15) is 0 Å². The summed E-state index contributed by atoms with van der Waals surface area (Å²) in [7, 11) is 0. The Morgan fingerprint density at radius 1 is 0.900 bits per heavy atom. The SMILES string of the molecule is Cc1c(C=Cc2nc3ccc(I)cc3c(=O)n2-c2cccc([N+](=O)[O-])c2)c2ccccc2n1Cc1ccccc1. The molecule has 0 saturated carbocycles. The van der Waals surface area contributed by atoms with E-state index in [0.29, 0.717) is 22.4 Å². The quantitative estimate of drug-likeness (QED) is 0.108. The van der Waals surface area contributed by atoms with E-state index in [2.05, 4.69) is 58.3 Å². The molecule has 0 aliphatic rings. The molecule has 0 saturated heterocycles. The molecule has 6 rings (SSSR count). The van der Waals surface area contributed by atoms with Crippen molar-refractivity contribution in [1.29, 1.82) is 0 Å². The minimum atomic E-state index is -0.466. The molecular formula is C32H23IN4O3. The summed E-state index contributed by atoms with van der Waals surface area (Å²) in [6, 6.07) is 30.1. The summed E-state index contributed by atoms with van der Waals surface area (Å²) in [4.78, 5) is 29.7. The van der Waals surface area contributed by atoms with E-state index < -0.39 is 4.92 Å². The van der Waals surface area contributed by atoms with Crippen molar-refractivity contribution < 1.29 is 4.92 Å². The lowest BCUT2D eigenvalue weighted by molar-refractivity contribution is -0.384. The molecule has 0 unspecified atom stereocenters. The lowest BCUT2D eigenvalue weighted by atomic mass is 10.1. The van der Waals surface area contributed by atoms with Gasteiger partial charge in [0.2, 0.25) is 0 Å². The Morgan fingerprint density at radius 3 is 2.48 bits per heavy atom. The van der Waals surface area contributed by atoms with Crippen molar-refractivity contribution in [3.63, 3.8) is 0 Å². The number of benzene rings is 4. The molecule has 4 aromatic carbocycles. The number of aromatic nitrogens is 3. The number of halogens is 1. The monoisotopic (exact) mass is 638 g/mol. The molecule has 7 nitrogen and oxygen atoms in total. The van der Waals surface area contributed by atoms with Gasteiger partial charge in [-0.05, 0) is 77.6 Å². The van der Waals surface area contributed by atoms with Crippen LogP contribution in [0, 0.1) is 20.6 Å². The predicted octanol–water partition coefficient (Wildman–Crippen LogP) is 7.38. The Kier molecular flexibility index (Phi) is 6.77. The average molecular weight is 638 g/mol. The van der Waals surface area contributed by atoms with Crippen LogP contribution >= 0.6 is 22.6 Å². The molecule has 6 aromatic rings. The van der Waals surface area contributed by atoms with E-state index in [1.165, 1.54) is 22.3 Å². The largest absolute Gasteiger partial charge is 0.340 e. The third-order valence-electron chi connectivity index (χ3n) is 7.02. The zero-order chi connectivity index (χ0) is 27.8. The van der Waals surface area contributed by atoms with Crippen LogP contribution < -0.4 is 5.56 Å². The molecule has 0 N–H and O–H groups in total. The number of non-ortho nitro benzene ring substituents is 1. The zero-order valence-electron chi connectivity index (χ0n) is 21.5. The fourth-order valence-corrected chi connectivity index (χ4v) is 5.57. The van der Waals surface area contributed by atoms with Crippen LogP contribution in [0.2, 0.25) is 0 Å². The van der Waals surface area contributed by atoms with Crippen molar-refractivity contribution in [2.24, 2.45) is 0 Å². The smallest absolute Gasteiger partial charge is 0.271 e. The third kappa shape index (κ3) is 4.71. The normalized spacial score (nSPS) is 11.6. The fourth-order valence-electron chi connectivity index (χ4n) is 5.08. The van der Waals surface area contributed by atoms with Crippen LogP contribution in [0.3, 0.4) is 0 Å². The highest BCUT2D eigenvalue weighted by Gasteiger charge is 2.16. The van der Waals surface area contributed by atoms with Gasteiger partial charge in [-0.1, -0.05) is 54.6 Å². The molecule has 2 heterocycles. The van der Waals surface area contributed by atoms with Crippen molar-refractivity contribution in [2.75, 3.05) is 0 Å². The number of para-hydroxylation sites is 1. The molecular weight excluding hydrogens is 615 g/mol. The van der Waals surface area contributed by atoms with E-state index >= 15 is 0 Å². The highest BCUT2D eigenvalue weighted by atomic mass is 127. The first-order valence-corrected chi connectivity index (χ1v) is 13.8. The molecule has 2 aromatic heterocycles. The Hall–Kier alpha value is -4.57. The van der Waals surface area contributed by atoms with Crippen LogP contribution in [-0.4, -0.2) is 19.0 Å². The molecule has 8 heteroatoms. The second-order valence-corrected chi connectivity index (χ2v) is 10.7. The molecule has 0 aliphatic heterocycles. The van der Waals surface area contributed by atoms with Crippen molar-refractivity contribution >= 4 is 62.2 Å². The van der Waals surface area contributed by atoms with E-state index in [1.807, 2.05) is 54.6 Å². The Balaban J connectivity index is 1.54. The third-order valence-corrected chi connectivity index (χ3v) is 7.69. The first kappa shape index (κ1) is 25.7. The Morgan fingerprint density at radius 2 is 1.68 bits per heavy atom. The molecule has 0 amide bonds. The van der Waals surface area contributed by atoms with Crippen molar-refractivity contribution in [3.8, 4) is 5.69 Å². The maximum atomic E-state index is 13.8. The van der Waals surface area contributed by atoms with E-state index in [-0.39, 0.29) is 11.2 Å². The lowest BCUT2D eigenvalue weighted by Crippen LogP contribution is -2.22. The van der Waals surface area contributed by atoms with Crippen LogP contribution in [0.1, 0.15) is 22.6 Å². The van der Waals surface area contributed by atoms with Crippen LogP contribution in [0.5, 0.6) is 0 Å². The summed E-state index contributed by atoms with van der Waals surface area (Å²) >= 11 is 2.16. The molecule has 0 bridgehead atoms. The summed E-state index contributed by atoms with van der Waals surface area (Å²) in [5.74, 6) is 0.387. The number of hydrogen-bond donors (Lipinski definition) is 0. The molecule has 0 radical (unpaired) electrons. The van der Waals surface area contributed by atoms with Gasteiger partial charge in [-0.25, -0.2) is 4.98 Å². The molecule has 0 aliphatic carbocycles. The number of nitro groups is 1. The van der Waals surface area contributed by atoms with Gasteiger partial charge in [0, 0.05) is 44.4 Å². The van der Waals surface area contributed by atoms with Gasteiger partial charge in [0.25, 0.3) is 11.2 Å². The number of hydrogen-bond acceptors (Lipinski definition) is 4. The van der Waals surface area contributed by atoms with E-state index in [4.69, 9.17) is 4.98 Å². The molecule has 0 atom stereocenters. The first-order chi connectivity index (χ1) is 19.4. The maximum Gasteiger partial charge on any atom is 0.271 e. The van der Waals surface area contributed by atoms with Gasteiger partial charge < -0.3 is 4.57 Å². The summed E-state index contributed by atoms with van der Waals surface area (Å²) in [5, 5.41) is 13.0. The van der Waals surface area contributed by atoms with E-state index in [1.54, 1.807) is 18.2 Å². The van der Waals surface area contributed by atoms with Gasteiger partial charge in [0.15, 0.2) is 0 Å². The molecule has 0 spiro atoms.